The average molecular weight is 279 g/mol. The third-order valence-electron chi connectivity index (χ3n) is 4.54. The second kappa shape index (κ2) is 6.13. The summed E-state index contributed by atoms with van der Waals surface area (Å²) in [5, 5.41) is 13.7. The van der Waals surface area contributed by atoms with E-state index in [4.69, 9.17) is 0 Å². The molecule has 0 saturated heterocycles. The molecule has 2 aromatic rings. The summed E-state index contributed by atoms with van der Waals surface area (Å²) in [4.78, 5) is 4.62. The number of hydrogen-bond acceptors (Lipinski definition) is 3. The molecular formula is C18H21N3. The normalized spacial score (nSPS) is 21.9. The van der Waals surface area contributed by atoms with Crippen molar-refractivity contribution in [2.45, 2.75) is 32.6 Å². The van der Waals surface area contributed by atoms with Crippen LogP contribution in [0.5, 0.6) is 0 Å². The molecular weight excluding hydrogens is 258 g/mol. The van der Waals surface area contributed by atoms with Crippen molar-refractivity contribution in [3.05, 3.63) is 35.9 Å². The molecule has 1 N–H and O–H groups in total. The van der Waals surface area contributed by atoms with Crippen LogP contribution in [0.1, 0.15) is 38.2 Å². The molecule has 0 spiro atoms. The van der Waals surface area contributed by atoms with E-state index in [-0.39, 0.29) is 0 Å². The Kier molecular flexibility index (Phi) is 4.06. The van der Waals surface area contributed by atoms with E-state index in [0.717, 1.165) is 35.1 Å². The van der Waals surface area contributed by atoms with E-state index in [1.165, 1.54) is 25.7 Å². The van der Waals surface area contributed by atoms with Crippen molar-refractivity contribution in [2.75, 3.05) is 11.9 Å². The maximum absolute atomic E-state index is 9.30. The van der Waals surface area contributed by atoms with Crippen LogP contribution in [0.15, 0.2) is 30.3 Å². The number of hydrogen-bond donors (Lipinski definition) is 1. The summed E-state index contributed by atoms with van der Waals surface area (Å²) in [6, 6.07) is 12.0. The van der Waals surface area contributed by atoms with Crippen LogP contribution in [0.3, 0.4) is 0 Å². The number of anilines is 1. The summed E-state index contributed by atoms with van der Waals surface area (Å²) >= 11 is 0. The Labute approximate surface area is 126 Å². The van der Waals surface area contributed by atoms with Crippen LogP contribution < -0.4 is 5.32 Å². The summed E-state index contributed by atoms with van der Waals surface area (Å²) in [6.45, 7) is 3.30. The molecule has 1 aliphatic carbocycles. The fourth-order valence-electron chi connectivity index (χ4n) is 3.14. The molecule has 1 aromatic heterocycles. The van der Waals surface area contributed by atoms with Crippen molar-refractivity contribution in [3.8, 4) is 6.07 Å². The lowest BCUT2D eigenvalue weighted by Gasteiger charge is -2.26. The number of rotatable bonds is 3. The van der Waals surface area contributed by atoms with E-state index < -0.39 is 0 Å². The molecule has 1 aromatic carbocycles. The SMILES string of the molecule is CC1CCC(CNc2cc(C#N)c3ccccc3n2)CC1. The van der Waals surface area contributed by atoms with E-state index >= 15 is 0 Å². The zero-order valence-corrected chi connectivity index (χ0v) is 12.5. The number of nitrogens with zero attached hydrogens (tertiary/aromatic N) is 2. The number of pyridine rings is 1. The zero-order chi connectivity index (χ0) is 14.7. The van der Waals surface area contributed by atoms with E-state index in [0.29, 0.717) is 5.56 Å². The monoisotopic (exact) mass is 279 g/mol. The molecule has 0 aliphatic heterocycles. The third kappa shape index (κ3) is 3.16. The maximum Gasteiger partial charge on any atom is 0.127 e. The highest BCUT2D eigenvalue weighted by molar-refractivity contribution is 5.86. The van der Waals surface area contributed by atoms with Gasteiger partial charge in [0.15, 0.2) is 0 Å². The highest BCUT2D eigenvalue weighted by atomic mass is 15.0. The number of nitrogens with one attached hydrogen (secondary N) is 1. The van der Waals surface area contributed by atoms with E-state index in [1.807, 2.05) is 30.3 Å². The van der Waals surface area contributed by atoms with Crippen molar-refractivity contribution in [1.82, 2.24) is 4.98 Å². The van der Waals surface area contributed by atoms with Crippen LogP contribution in [0, 0.1) is 23.2 Å². The van der Waals surface area contributed by atoms with Gasteiger partial charge in [0.2, 0.25) is 0 Å². The van der Waals surface area contributed by atoms with Gasteiger partial charge in [0.1, 0.15) is 5.82 Å². The zero-order valence-electron chi connectivity index (χ0n) is 12.5. The predicted octanol–water partition coefficient (Wildman–Crippen LogP) is 4.34. The minimum Gasteiger partial charge on any atom is -0.370 e. The Hall–Kier alpha value is -2.08. The standard InChI is InChI=1S/C18H21N3/c1-13-6-8-14(9-7-13)12-20-18-10-15(11-19)16-4-2-3-5-17(16)21-18/h2-5,10,13-14H,6-9,12H2,1H3,(H,20,21). The van der Waals surface area contributed by atoms with E-state index in [1.54, 1.807) is 0 Å². The van der Waals surface area contributed by atoms with Gasteiger partial charge in [-0.15, -0.1) is 0 Å². The molecule has 0 amide bonds. The van der Waals surface area contributed by atoms with Crippen molar-refractivity contribution in [1.29, 1.82) is 5.26 Å². The van der Waals surface area contributed by atoms with Crippen LogP contribution in [0.25, 0.3) is 10.9 Å². The molecule has 1 heterocycles. The first kappa shape index (κ1) is 13.9. The molecule has 108 valence electrons. The number of fused-ring (bicyclic) bond motifs is 1. The van der Waals surface area contributed by atoms with Crippen LogP contribution >= 0.6 is 0 Å². The van der Waals surface area contributed by atoms with Gasteiger partial charge in [-0.05, 0) is 36.8 Å². The molecule has 1 aliphatic rings. The van der Waals surface area contributed by atoms with E-state index in [2.05, 4.69) is 23.3 Å². The van der Waals surface area contributed by atoms with Gasteiger partial charge in [-0.1, -0.05) is 38.0 Å². The predicted molar refractivity (Wildman–Crippen MR) is 86.1 cm³/mol. The fourth-order valence-corrected chi connectivity index (χ4v) is 3.14. The van der Waals surface area contributed by atoms with Gasteiger partial charge in [-0.3, -0.25) is 0 Å². The smallest absolute Gasteiger partial charge is 0.127 e. The van der Waals surface area contributed by atoms with Crippen LogP contribution in [0.4, 0.5) is 5.82 Å². The van der Waals surface area contributed by atoms with Gasteiger partial charge in [-0.2, -0.15) is 5.26 Å². The van der Waals surface area contributed by atoms with Crippen molar-refractivity contribution >= 4 is 16.7 Å². The molecule has 0 radical (unpaired) electrons. The molecule has 3 rings (SSSR count). The van der Waals surface area contributed by atoms with Crippen LogP contribution in [0.2, 0.25) is 0 Å². The Balaban J connectivity index is 1.74. The van der Waals surface area contributed by atoms with Crippen molar-refractivity contribution in [3.63, 3.8) is 0 Å². The quantitative estimate of drug-likeness (QED) is 0.909. The molecule has 21 heavy (non-hydrogen) atoms. The van der Waals surface area contributed by atoms with Gasteiger partial charge in [0.05, 0.1) is 17.1 Å². The van der Waals surface area contributed by atoms with Crippen molar-refractivity contribution in [2.24, 2.45) is 11.8 Å². The topological polar surface area (TPSA) is 48.7 Å². The average Bonchev–Trinajstić information content (AvgIpc) is 2.53. The number of nitriles is 1. The lowest BCUT2D eigenvalue weighted by Crippen LogP contribution is -2.20. The summed E-state index contributed by atoms with van der Waals surface area (Å²) in [6.07, 6.45) is 5.27. The highest BCUT2D eigenvalue weighted by Gasteiger charge is 2.18. The Morgan fingerprint density at radius 1 is 1.24 bits per heavy atom. The second-order valence-electron chi connectivity index (χ2n) is 6.19. The fraction of sp³-hybridized carbons (Fsp3) is 0.444. The van der Waals surface area contributed by atoms with Gasteiger partial charge in [0.25, 0.3) is 0 Å². The largest absolute Gasteiger partial charge is 0.370 e. The molecule has 3 heteroatoms. The first-order chi connectivity index (χ1) is 10.3. The summed E-state index contributed by atoms with van der Waals surface area (Å²) in [5.41, 5.74) is 1.58. The van der Waals surface area contributed by atoms with Crippen LogP contribution in [-0.2, 0) is 0 Å². The van der Waals surface area contributed by atoms with Gasteiger partial charge < -0.3 is 5.32 Å². The second-order valence-corrected chi connectivity index (χ2v) is 6.19. The van der Waals surface area contributed by atoms with Crippen LogP contribution in [-0.4, -0.2) is 11.5 Å². The number of benzene rings is 1. The molecule has 1 fully saturated rings. The Morgan fingerprint density at radius 3 is 2.76 bits per heavy atom. The van der Waals surface area contributed by atoms with Gasteiger partial charge in [-0.25, -0.2) is 4.98 Å². The van der Waals surface area contributed by atoms with E-state index in [9.17, 15) is 5.26 Å². The minimum absolute atomic E-state index is 0.695. The first-order valence-electron chi connectivity index (χ1n) is 7.80. The molecule has 0 atom stereocenters. The van der Waals surface area contributed by atoms with Gasteiger partial charge in [0, 0.05) is 11.9 Å². The first-order valence-corrected chi connectivity index (χ1v) is 7.80. The molecule has 0 bridgehead atoms. The third-order valence-corrected chi connectivity index (χ3v) is 4.54. The molecule has 1 saturated carbocycles. The molecule has 3 nitrogen and oxygen atoms in total. The lowest BCUT2D eigenvalue weighted by atomic mass is 9.83. The number of aromatic nitrogens is 1. The number of para-hydroxylation sites is 1. The maximum atomic E-state index is 9.30. The highest BCUT2D eigenvalue weighted by Crippen LogP contribution is 2.28. The molecule has 0 unspecified atom stereocenters. The summed E-state index contributed by atoms with van der Waals surface area (Å²) in [7, 11) is 0. The summed E-state index contributed by atoms with van der Waals surface area (Å²) < 4.78 is 0. The minimum atomic E-state index is 0.695. The Morgan fingerprint density at radius 2 is 2.00 bits per heavy atom. The Bertz CT molecular complexity index is 664. The van der Waals surface area contributed by atoms with Gasteiger partial charge >= 0.3 is 0 Å². The summed E-state index contributed by atoms with van der Waals surface area (Å²) in [5.74, 6) is 2.44. The lowest BCUT2D eigenvalue weighted by molar-refractivity contribution is 0.300. The van der Waals surface area contributed by atoms with Crippen molar-refractivity contribution < 1.29 is 0 Å².